The second-order valence-corrected chi connectivity index (χ2v) is 7.20. The van der Waals surface area contributed by atoms with Gasteiger partial charge in [-0.25, -0.2) is 9.59 Å². The number of amides is 1. The van der Waals surface area contributed by atoms with E-state index in [9.17, 15) is 19.8 Å². The summed E-state index contributed by atoms with van der Waals surface area (Å²) in [6.45, 7) is 2.40. The SMILES string of the molecule is COC(=O)c1c(O)cc(C)cc1OC[C@H]1C[C@H](OCc2ccccc2)CN1C(=O)O. The number of carbonyl (C=O) groups is 2. The van der Waals surface area contributed by atoms with Gasteiger partial charge in [0.1, 0.15) is 23.7 Å². The van der Waals surface area contributed by atoms with Crippen molar-refractivity contribution in [2.24, 2.45) is 0 Å². The highest BCUT2D eigenvalue weighted by Crippen LogP contribution is 2.31. The average molecular weight is 415 g/mol. The molecule has 0 bridgehead atoms. The number of ether oxygens (including phenoxy) is 3. The molecule has 2 aromatic rings. The van der Waals surface area contributed by atoms with Gasteiger partial charge in [0.25, 0.3) is 0 Å². The molecule has 2 N–H and O–H groups in total. The highest BCUT2D eigenvalue weighted by atomic mass is 16.5. The molecule has 0 saturated carbocycles. The predicted molar refractivity (Wildman–Crippen MR) is 108 cm³/mol. The van der Waals surface area contributed by atoms with Gasteiger partial charge in [0.05, 0.1) is 32.4 Å². The summed E-state index contributed by atoms with van der Waals surface area (Å²) in [6, 6.07) is 12.3. The molecule has 2 atom stereocenters. The number of methoxy groups -OCH3 is 1. The van der Waals surface area contributed by atoms with Crippen molar-refractivity contribution in [2.45, 2.75) is 32.1 Å². The van der Waals surface area contributed by atoms with E-state index >= 15 is 0 Å². The number of aryl methyl sites for hydroxylation is 1. The molecule has 0 aliphatic carbocycles. The van der Waals surface area contributed by atoms with Gasteiger partial charge in [-0.3, -0.25) is 4.90 Å². The van der Waals surface area contributed by atoms with Crippen molar-refractivity contribution < 1.29 is 34.0 Å². The van der Waals surface area contributed by atoms with Crippen LogP contribution in [0.25, 0.3) is 0 Å². The highest BCUT2D eigenvalue weighted by Gasteiger charge is 2.36. The maximum absolute atomic E-state index is 12.0. The Morgan fingerprint density at radius 3 is 2.60 bits per heavy atom. The van der Waals surface area contributed by atoms with Crippen molar-refractivity contribution in [3.05, 3.63) is 59.2 Å². The van der Waals surface area contributed by atoms with E-state index in [1.807, 2.05) is 30.3 Å². The molecule has 3 rings (SSSR count). The minimum atomic E-state index is -1.06. The van der Waals surface area contributed by atoms with Crippen LogP contribution in [0.1, 0.15) is 27.9 Å². The lowest BCUT2D eigenvalue weighted by molar-refractivity contribution is 0.0465. The highest BCUT2D eigenvalue weighted by molar-refractivity contribution is 5.95. The summed E-state index contributed by atoms with van der Waals surface area (Å²) < 4.78 is 16.4. The Morgan fingerprint density at radius 2 is 1.93 bits per heavy atom. The molecule has 1 saturated heterocycles. The first-order chi connectivity index (χ1) is 14.4. The van der Waals surface area contributed by atoms with Crippen molar-refractivity contribution in [3.8, 4) is 11.5 Å². The Labute approximate surface area is 174 Å². The van der Waals surface area contributed by atoms with Crippen LogP contribution in [0.2, 0.25) is 0 Å². The molecule has 0 aromatic heterocycles. The number of carboxylic acid groups (broad SMARTS) is 1. The molecule has 8 nitrogen and oxygen atoms in total. The lowest BCUT2D eigenvalue weighted by Crippen LogP contribution is -2.38. The number of phenolic OH excluding ortho intramolecular Hbond substituents is 1. The largest absolute Gasteiger partial charge is 0.507 e. The maximum Gasteiger partial charge on any atom is 0.407 e. The Morgan fingerprint density at radius 1 is 1.20 bits per heavy atom. The van der Waals surface area contributed by atoms with Crippen LogP contribution in [0.4, 0.5) is 4.79 Å². The lowest BCUT2D eigenvalue weighted by Gasteiger charge is -2.22. The van der Waals surface area contributed by atoms with E-state index in [1.54, 1.807) is 13.0 Å². The van der Waals surface area contributed by atoms with Gasteiger partial charge in [-0.15, -0.1) is 0 Å². The molecule has 1 amide bonds. The summed E-state index contributed by atoms with van der Waals surface area (Å²) in [5, 5.41) is 19.7. The molecule has 1 aliphatic rings. The number of likely N-dealkylation sites (tertiary alicyclic amines) is 1. The molecule has 0 radical (unpaired) electrons. The third-order valence-electron chi connectivity index (χ3n) is 5.00. The summed E-state index contributed by atoms with van der Waals surface area (Å²) in [6.07, 6.45) is -0.861. The zero-order valence-electron chi connectivity index (χ0n) is 16.9. The fraction of sp³-hybridized carbons (Fsp3) is 0.364. The Balaban J connectivity index is 1.68. The van der Waals surface area contributed by atoms with Gasteiger partial charge >= 0.3 is 12.1 Å². The van der Waals surface area contributed by atoms with Crippen LogP contribution in [0.5, 0.6) is 11.5 Å². The average Bonchev–Trinajstić information content (AvgIpc) is 3.14. The summed E-state index contributed by atoms with van der Waals surface area (Å²) in [5.41, 5.74) is 1.62. The van der Waals surface area contributed by atoms with Crippen molar-refractivity contribution >= 4 is 12.1 Å². The smallest absolute Gasteiger partial charge is 0.407 e. The van der Waals surface area contributed by atoms with E-state index in [0.717, 1.165) is 5.56 Å². The number of benzene rings is 2. The molecule has 8 heteroatoms. The minimum Gasteiger partial charge on any atom is -0.507 e. The molecular weight excluding hydrogens is 390 g/mol. The van der Waals surface area contributed by atoms with E-state index < -0.39 is 18.1 Å². The van der Waals surface area contributed by atoms with Crippen LogP contribution < -0.4 is 4.74 Å². The molecular formula is C22H25NO7. The normalized spacial score (nSPS) is 18.3. The van der Waals surface area contributed by atoms with E-state index in [0.29, 0.717) is 18.6 Å². The first-order valence-electron chi connectivity index (χ1n) is 9.58. The fourth-order valence-electron chi connectivity index (χ4n) is 3.52. The number of phenols is 1. The van der Waals surface area contributed by atoms with E-state index in [2.05, 4.69) is 0 Å². The second-order valence-electron chi connectivity index (χ2n) is 7.20. The van der Waals surface area contributed by atoms with Crippen LogP contribution in [-0.4, -0.2) is 59.6 Å². The topological polar surface area (TPSA) is 106 Å². The lowest BCUT2D eigenvalue weighted by atomic mass is 10.1. The maximum atomic E-state index is 12.0. The van der Waals surface area contributed by atoms with Gasteiger partial charge in [0.15, 0.2) is 0 Å². The number of hydrogen-bond donors (Lipinski definition) is 2. The first-order valence-corrected chi connectivity index (χ1v) is 9.58. The van der Waals surface area contributed by atoms with Gasteiger partial charge < -0.3 is 24.4 Å². The fourth-order valence-corrected chi connectivity index (χ4v) is 3.52. The van der Waals surface area contributed by atoms with Crippen molar-refractivity contribution in [2.75, 3.05) is 20.3 Å². The number of rotatable bonds is 7. The quantitative estimate of drug-likeness (QED) is 0.669. The van der Waals surface area contributed by atoms with Crippen LogP contribution in [-0.2, 0) is 16.1 Å². The number of nitrogens with zero attached hydrogens (tertiary/aromatic N) is 1. The van der Waals surface area contributed by atoms with Crippen molar-refractivity contribution in [1.29, 1.82) is 0 Å². The molecule has 2 aromatic carbocycles. The van der Waals surface area contributed by atoms with Gasteiger partial charge in [-0.1, -0.05) is 30.3 Å². The second kappa shape index (κ2) is 9.49. The predicted octanol–water partition coefficient (Wildman–Crippen LogP) is 3.20. The summed E-state index contributed by atoms with van der Waals surface area (Å²) in [5.74, 6) is -0.825. The zero-order chi connectivity index (χ0) is 21.7. The Bertz CT molecular complexity index is 900. The summed E-state index contributed by atoms with van der Waals surface area (Å²) in [7, 11) is 1.21. The Kier molecular flexibility index (Phi) is 6.79. The molecule has 1 fully saturated rings. The number of esters is 1. The number of hydrogen-bond acceptors (Lipinski definition) is 6. The van der Waals surface area contributed by atoms with Crippen LogP contribution >= 0.6 is 0 Å². The van der Waals surface area contributed by atoms with Crippen molar-refractivity contribution in [1.82, 2.24) is 4.90 Å². The van der Waals surface area contributed by atoms with Crippen LogP contribution in [0, 0.1) is 6.92 Å². The van der Waals surface area contributed by atoms with Gasteiger partial charge in [0, 0.05) is 0 Å². The monoisotopic (exact) mass is 415 g/mol. The van der Waals surface area contributed by atoms with E-state index in [1.165, 1.54) is 18.1 Å². The van der Waals surface area contributed by atoms with E-state index in [4.69, 9.17) is 14.2 Å². The van der Waals surface area contributed by atoms with Gasteiger partial charge in [-0.2, -0.15) is 0 Å². The van der Waals surface area contributed by atoms with Gasteiger partial charge in [-0.05, 0) is 36.6 Å². The zero-order valence-corrected chi connectivity index (χ0v) is 16.9. The molecule has 1 heterocycles. The van der Waals surface area contributed by atoms with Gasteiger partial charge in [0.2, 0.25) is 0 Å². The number of aromatic hydroxyl groups is 1. The van der Waals surface area contributed by atoms with Crippen LogP contribution in [0.15, 0.2) is 42.5 Å². The summed E-state index contributed by atoms with van der Waals surface area (Å²) in [4.78, 5) is 25.0. The summed E-state index contributed by atoms with van der Waals surface area (Å²) >= 11 is 0. The molecule has 30 heavy (non-hydrogen) atoms. The van der Waals surface area contributed by atoms with Crippen molar-refractivity contribution in [3.63, 3.8) is 0 Å². The first kappa shape index (κ1) is 21.4. The molecule has 0 unspecified atom stereocenters. The third-order valence-corrected chi connectivity index (χ3v) is 5.00. The third kappa shape index (κ3) is 5.01. The minimum absolute atomic E-state index is 0.0182. The van der Waals surface area contributed by atoms with Crippen LogP contribution in [0.3, 0.4) is 0 Å². The Hall–Kier alpha value is -3.26. The van der Waals surface area contributed by atoms with E-state index in [-0.39, 0.29) is 36.3 Å². The number of carbonyl (C=O) groups excluding carboxylic acids is 1. The molecule has 0 spiro atoms. The molecule has 1 aliphatic heterocycles. The standard InChI is InChI=1S/C22H25NO7/c1-14-8-18(24)20(21(25)28-2)19(9-14)30-13-16-10-17(11-23(16)22(26)27)29-12-15-6-4-3-5-7-15/h3-9,16-17,24H,10-13H2,1-2H3,(H,26,27)/t16-,17+/m1/s1. The molecule has 160 valence electrons.